The van der Waals surface area contributed by atoms with Crippen LogP contribution in [0.25, 0.3) is 6.08 Å². The van der Waals surface area contributed by atoms with E-state index in [9.17, 15) is 4.79 Å². The molecule has 0 spiro atoms. The summed E-state index contributed by atoms with van der Waals surface area (Å²) in [5, 5.41) is 1.96. The lowest BCUT2D eigenvalue weighted by Crippen LogP contribution is -2.21. The third-order valence-electron chi connectivity index (χ3n) is 2.20. The number of hydrogen-bond donors (Lipinski definition) is 1. The first-order valence-electron chi connectivity index (χ1n) is 5.52. The first kappa shape index (κ1) is 12.5. The van der Waals surface area contributed by atoms with Crippen LogP contribution in [-0.2, 0) is 16.2 Å². The van der Waals surface area contributed by atoms with Crippen molar-refractivity contribution in [2.75, 3.05) is 0 Å². The molecule has 0 aliphatic rings. The van der Waals surface area contributed by atoms with Gasteiger partial charge >= 0.3 is 0 Å². The largest absolute Gasteiger partial charge is 0.269 e. The molecule has 1 N–H and O–H groups in total. The first-order valence-corrected chi connectivity index (χ1v) is 6.40. The van der Waals surface area contributed by atoms with Gasteiger partial charge in [-0.25, -0.2) is 5.48 Å². The number of hydrogen-bond acceptors (Lipinski definition) is 3. The van der Waals surface area contributed by atoms with E-state index in [1.807, 2.05) is 47.8 Å². The minimum Gasteiger partial charge on any atom is -0.269 e. The molecule has 1 aromatic heterocycles. The molecule has 18 heavy (non-hydrogen) atoms. The number of hydroxylamine groups is 1. The fraction of sp³-hybridized carbons (Fsp3) is 0.0714. The molecule has 1 heterocycles. The fourth-order valence-electron chi connectivity index (χ4n) is 1.34. The molecule has 0 aliphatic carbocycles. The maximum Gasteiger partial charge on any atom is 0.267 e. The van der Waals surface area contributed by atoms with E-state index in [0.29, 0.717) is 6.61 Å². The Morgan fingerprint density at radius 1 is 1.22 bits per heavy atom. The lowest BCUT2D eigenvalue weighted by atomic mass is 10.2. The van der Waals surface area contributed by atoms with E-state index in [1.54, 1.807) is 17.4 Å². The number of rotatable bonds is 5. The Balaban J connectivity index is 1.72. The van der Waals surface area contributed by atoms with Crippen LogP contribution in [0.15, 0.2) is 53.9 Å². The van der Waals surface area contributed by atoms with Crippen LogP contribution in [0, 0.1) is 0 Å². The van der Waals surface area contributed by atoms with Crippen LogP contribution in [0.3, 0.4) is 0 Å². The highest BCUT2D eigenvalue weighted by atomic mass is 32.1. The van der Waals surface area contributed by atoms with E-state index >= 15 is 0 Å². The molecule has 0 aliphatic heterocycles. The Hall–Kier alpha value is -1.91. The molecule has 0 saturated carbocycles. The van der Waals surface area contributed by atoms with Gasteiger partial charge in [0.1, 0.15) is 0 Å². The van der Waals surface area contributed by atoms with Crippen LogP contribution in [0.2, 0.25) is 0 Å². The molecule has 2 aromatic rings. The number of nitrogens with one attached hydrogen (secondary N) is 1. The summed E-state index contributed by atoms with van der Waals surface area (Å²) in [5.74, 6) is -0.265. The van der Waals surface area contributed by atoms with E-state index in [4.69, 9.17) is 4.84 Å². The molecular formula is C14H13NO2S. The minimum absolute atomic E-state index is 0.265. The second kappa shape index (κ2) is 6.74. The Bertz CT molecular complexity index is 506. The summed E-state index contributed by atoms with van der Waals surface area (Å²) in [6.45, 7) is 0.361. The van der Waals surface area contributed by atoms with Crippen LogP contribution in [0.1, 0.15) is 10.4 Å². The number of thiophene rings is 1. The van der Waals surface area contributed by atoms with E-state index in [1.165, 1.54) is 6.08 Å². The highest BCUT2D eigenvalue weighted by molar-refractivity contribution is 7.10. The van der Waals surface area contributed by atoms with E-state index in [-0.39, 0.29) is 5.91 Å². The summed E-state index contributed by atoms with van der Waals surface area (Å²) in [6.07, 6.45) is 3.21. The number of benzene rings is 1. The third-order valence-corrected chi connectivity index (χ3v) is 3.03. The summed E-state index contributed by atoms with van der Waals surface area (Å²) in [4.78, 5) is 17.5. The molecular weight excluding hydrogens is 246 g/mol. The Labute approximate surface area is 110 Å². The van der Waals surface area contributed by atoms with Gasteiger partial charge in [0.25, 0.3) is 5.91 Å². The van der Waals surface area contributed by atoms with Gasteiger partial charge in [0, 0.05) is 11.0 Å². The number of amides is 1. The van der Waals surface area contributed by atoms with Crippen molar-refractivity contribution >= 4 is 23.3 Å². The van der Waals surface area contributed by atoms with Crippen molar-refractivity contribution in [3.05, 3.63) is 64.4 Å². The van der Waals surface area contributed by atoms with Gasteiger partial charge in [0.15, 0.2) is 0 Å². The van der Waals surface area contributed by atoms with Gasteiger partial charge in [-0.15, -0.1) is 11.3 Å². The van der Waals surface area contributed by atoms with E-state index < -0.39 is 0 Å². The van der Waals surface area contributed by atoms with Gasteiger partial charge in [0.05, 0.1) is 6.61 Å². The van der Waals surface area contributed by atoms with Crippen molar-refractivity contribution in [1.82, 2.24) is 5.48 Å². The lowest BCUT2D eigenvalue weighted by Gasteiger charge is -2.03. The van der Waals surface area contributed by atoms with Crippen molar-refractivity contribution in [3.63, 3.8) is 0 Å². The van der Waals surface area contributed by atoms with Crippen LogP contribution >= 0.6 is 11.3 Å². The molecule has 1 amide bonds. The van der Waals surface area contributed by atoms with Gasteiger partial charge in [-0.05, 0) is 23.1 Å². The molecule has 0 atom stereocenters. The Morgan fingerprint density at radius 2 is 2.06 bits per heavy atom. The quantitative estimate of drug-likeness (QED) is 0.662. The summed E-state index contributed by atoms with van der Waals surface area (Å²) in [6, 6.07) is 13.6. The van der Waals surface area contributed by atoms with E-state index in [0.717, 1.165) is 10.4 Å². The van der Waals surface area contributed by atoms with Crippen LogP contribution < -0.4 is 5.48 Å². The molecule has 0 radical (unpaired) electrons. The molecule has 0 saturated heterocycles. The zero-order valence-electron chi connectivity index (χ0n) is 9.71. The van der Waals surface area contributed by atoms with Crippen molar-refractivity contribution in [1.29, 1.82) is 0 Å². The maximum absolute atomic E-state index is 11.4. The topological polar surface area (TPSA) is 38.3 Å². The molecule has 4 heteroatoms. The highest BCUT2D eigenvalue weighted by Gasteiger charge is 1.96. The van der Waals surface area contributed by atoms with E-state index in [2.05, 4.69) is 5.48 Å². The predicted molar refractivity (Wildman–Crippen MR) is 72.7 cm³/mol. The van der Waals surface area contributed by atoms with Crippen LogP contribution in [0.5, 0.6) is 0 Å². The van der Waals surface area contributed by atoms with Crippen molar-refractivity contribution in [3.8, 4) is 0 Å². The zero-order chi connectivity index (χ0) is 12.6. The summed E-state index contributed by atoms with van der Waals surface area (Å²) >= 11 is 1.58. The zero-order valence-corrected chi connectivity index (χ0v) is 10.5. The monoisotopic (exact) mass is 259 g/mol. The summed E-state index contributed by atoms with van der Waals surface area (Å²) in [5.41, 5.74) is 3.39. The highest BCUT2D eigenvalue weighted by Crippen LogP contribution is 2.09. The Kier molecular flexibility index (Phi) is 4.69. The van der Waals surface area contributed by atoms with Gasteiger partial charge in [-0.3, -0.25) is 9.63 Å². The molecule has 0 bridgehead atoms. The van der Waals surface area contributed by atoms with Gasteiger partial charge in [-0.1, -0.05) is 36.4 Å². The molecule has 3 nitrogen and oxygen atoms in total. The Morgan fingerprint density at radius 3 is 2.78 bits per heavy atom. The standard InChI is InChI=1S/C14H13NO2S/c16-14(9-8-13-7-4-10-18-13)15-17-11-12-5-2-1-3-6-12/h1-10H,11H2,(H,15,16). The molecule has 0 fully saturated rings. The summed E-state index contributed by atoms with van der Waals surface area (Å²) < 4.78 is 0. The number of carbonyl (C=O) groups excluding carboxylic acids is 1. The van der Waals surface area contributed by atoms with Gasteiger partial charge < -0.3 is 0 Å². The van der Waals surface area contributed by atoms with Crippen molar-refractivity contribution in [2.45, 2.75) is 6.61 Å². The van der Waals surface area contributed by atoms with Gasteiger partial charge in [-0.2, -0.15) is 0 Å². The third kappa shape index (κ3) is 4.16. The average molecular weight is 259 g/mol. The second-order valence-corrected chi connectivity index (χ2v) is 4.57. The second-order valence-electron chi connectivity index (χ2n) is 3.59. The molecule has 0 unspecified atom stereocenters. The summed E-state index contributed by atoms with van der Waals surface area (Å²) in [7, 11) is 0. The molecule has 2 rings (SSSR count). The molecule has 92 valence electrons. The first-order chi connectivity index (χ1) is 8.84. The predicted octanol–water partition coefficient (Wildman–Crippen LogP) is 3.01. The smallest absolute Gasteiger partial charge is 0.267 e. The minimum atomic E-state index is -0.265. The fourth-order valence-corrected chi connectivity index (χ4v) is 1.96. The van der Waals surface area contributed by atoms with Crippen molar-refractivity contribution in [2.24, 2.45) is 0 Å². The van der Waals surface area contributed by atoms with Crippen LogP contribution in [0.4, 0.5) is 0 Å². The number of carbonyl (C=O) groups is 1. The molecule has 1 aromatic carbocycles. The normalized spacial score (nSPS) is 10.7. The average Bonchev–Trinajstić information content (AvgIpc) is 2.91. The lowest BCUT2D eigenvalue weighted by molar-refractivity contribution is -0.129. The van der Waals surface area contributed by atoms with Crippen molar-refractivity contribution < 1.29 is 9.63 Å². The van der Waals surface area contributed by atoms with Crippen LogP contribution in [-0.4, -0.2) is 5.91 Å². The van der Waals surface area contributed by atoms with Gasteiger partial charge in [0.2, 0.25) is 0 Å². The maximum atomic E-state index is 11.4. The SMILES string of the molecule is O=C(C=Cc1cccs1)NOCc1ccccc1.